The van der Waals surface area contributed by atoms with Gasteiger partial charge in [0.1, 0.15) is 6.04 Å². The Morgan fingerprint density at radius 3 is 3.06 bits per heavy atom. The van der Waals surface area contributed by atoms with E-state index in [9.17, 15) is 4.79 Å². The quantitative estimate of drug-likeness (QED) is 0.563. The van der Waals surface area contributed by atoms with Crippen molar-refractivity contribution in [2.45, 2.75) is 31.8 Å². The Balaban J connectivity index is 1.67. The fourth-order valence-electron chi connectivity index (χ4n) is 1.93. The maximum Gasteiger partial charge on any atom is 0.323 e. The van der Waals surface area contributed by atoms with Crippen molar-refractivity contribution in [2.24, 2.45) is 5.92 Å². The van der Waals surface area contributed by atoms with Crippen LogP contribution in [0, 0.1) is 5.92 Å². The zero-order chi connectivity index (χ0) is 12.1. The number of rotatable bonds is 7. The third-order valence-corrected chi connectivity index (χ3v) is 3.04. The minimum Gasteiger partial charge on any atom is -0.468 e. The van der Waals surface area contributed by atoms with Crippen molar-refractivity contribution in [2.75, 3.05) is 13.7 Å². The number of hydrogen-bond acceptors (Lipinski definition) is 4. The van der Waals surface area contributed by atoms with E-state index in [0.717, 1.165) is 32.4 Å². The first-order valence-electron chi connectivity index (χ1n) is 6.10. The lowest BCUT2D eigenvalue weighted by atomic mass is 10.2. The molecule has 0 aliphatic heterocycles. The van der Waals surface area contributed by atoms with Gasteiger partial charge in [-0.15, -0.1) is 0 Å². The smallest absolute Gasteiger partial charge is 0.323 e. The van der Waals surface area contributed by atoms with Crippen LogP contribution in [0.4, 0.5) is 0 Å². The number of aromatic nitrogens is 2. The van der Waals surface area contributed by atoms with Gasteiger partial charge in [0.2, 0.25) is 0 Å². The summed E-state index contributed by atoms with van der Waals surface area (Å²) in [7, 11) is 1.45. The third kappa shape index (κ3) is 3.56. The Labute approximate surface area is 101 Å². The molecule has 1 fully saturated rings. The van der Waals surface area contributed by atoms with Crippen LogP contribution in [0.2, 0.25) is 0 Å². The van der Waals surface area contributed by atoms with Gasteiger partial charge in [-0.1, -0.05) is 0 Å². The van der Waals surface area contributed by atoms with Crippen molar-refractivity contribution in [3.05, 3.63) is 18.5 Å². The molecule has 94 valence electrons. The average molecular weight is 237 g/mol. The molecule has 0 saturated heterocycles. The molecule has 1 aromatic heterocycles. The Morgan fingerprint density at radius 2 is 2.47 bits per heavy atom. The van der Waals surface area contributed by atoms with Crippen molar-refractivity contribution in [1.82, 2.24) is 15.1 Å². The van der Waals surface area contributed by atoms with Crippen LogP contribution in [0.25, 0.3) is 0 Å². The fraction of sp³-hybridized carbons (Fsp3) is 0.667. The van der Waals surface area contributed by atoms with E-state index in [1.807, 2.05) is 16.9 Å². The summed E-state index contributed by atoms with van der Waals surface area (Å²) in [6, 6.07) is 1.80. The number of esters is 1. The number of nitrogens with one attached hydrogen (secondary N) is 1. The molecular formula is C12H19N3O2. The number of carbonyl (C=O) groups is 1. The predicted octanol–water partition coefficient (Wildman–Crippen LogP) is 0.814. The first-order valence-corrected chi connectivity index (χ1v) is 6.10. The van der Waals surface area contributed by atoms with Gasteiger partial charge in [0.15, 0.2) is 0 Å². The highest BCUT2D eigenvalue weighted by Crippen LogP contribution is 2.33. The number of methoxy groups -OCH3 is 1. The van der Waals surface area contributed by atoms with Crippen LogP contribution in [0.3, 0.4) is 0 Å². The molecule has 1 aromatic rings. The second-order valence-electron chi connectivity index (χ2n) is 4.42. The summed E-state index contributed by atoms with van der Waals surface area (Å²) in [4.78, 5) is 11.5. The number of nitrogens with zero attached hydrogens (tertiary/aromatic N) is 2. The van der Waals surface area contributed by atoms with Crippen molar-refractivity contribution in [3.8, 4) is 0 Å². The molecule has 1 saturated carbocycles. The summed E-state index contributed by atoms with van der Waals surface area (Å²) in [5.41, 5.74) is 0. The van der Waals surface area contributed by atoms with Gasteiger partial charge in [0.05, 0.1) is 7.11 Å². The summed E-state index contributed by atoms with van der Waals surface area (Å²) in [6.07, 6.45) is 6.94. The van der Waals surface area contributed by atoms with Crippen molar-refractivity contribution < 1.29 is 9.53 Å². The van der Waals surface area contributed by atoms with Gasteiger partial charge >= 0.3 is 5.97 Å². The summed E-state index contributed by atoms with van der Waals surface area (Å²) >= 11 is 0. The van der Waals surface area contributed by atoms with E-state index in [-0.39, 0.29) is 12.0 Å². The lowest BCUT2D eigenvalue weighted by Gasteiger charge is -2.15. The molecule has 1 aliphatic carbocycles. The van der Waals surface area contributed by atoms with Crippen molar-refractivity contribution in [1.29, 1.82) is 0 Å². The second kappa shape index (κ2) is 5.82. The van der Waals surface area contributed by atoms with Gasteiger partial charge in [-0.2, -0.15) is 5.10 Å². The molecule has 0 spiro atoms. The van der Waals surface area contributed by atoms with Crippen LogP contribution < -0.4 is 5.32 Å². The van der Waals surface area contributed by atoms with Gasteiger partial charge in [0.25, 0.3) is 0 Å². The molecular weight excluding hydrogens is 218 g/mol. The molecule has 17 heavy (non-hydrogen) atoms. The van der Waals surface area contributed by atoms with Crippen LogP contribution in [-0.4, -0.2) is 35.4 Å². The highest BCUT2D eigenvalue weighted by molar-refractivity contribution is 5.76. The van der Waals surface area contributed by atoms with E-state index in [0.29, 0.717) is 5.92 Å². The maximum absolute atomic E-state index is 11.5. The van der Waals surface area contributed by atoms with Gasteiger partial charge in [-0.25, -0.2) is 0 Å². The summed E-state index contributed by atoms with van der Waals surface area (Å²) < 4.78 is 6.69. The summed E-state index contributed by atoms with van der Waals surface area (Å²) in [5.74, 6) is 0.346. The lowest BCUT2D eigenvalue weighted by Crippen LogP contribution is -2.40. The zero-order valence-electron chi connectivity index (χ0n) is 10.1. The van der Waals surface area contributed by atoms with Gasteiger partial charge in [0, 0.05) is 18.9 Å². The Kier molecular flexibility index (Phi) is 4.14. The van der Waals surface area contributed by atoms with E-state index < -0.39 is 0 Å². The summed E-state index contributed by atoms with van der Waals surface area (Å²) in [5, 5.41) is 7.41. The molecule has 1 N–H and O–H groups in total. The SMILES string of the molecule is COC(=O)C(NCCCn1cccn1)C1CC1. The number of hydrogen-bond donors (Lipinski definition) is 1. The van der Waals surface area contributed by atoms with Crippen LogP contribution in [-0.2, 0) is 16.1 Å². The highest BCUT2D eigenvalue weighted by atomic mass is 16.5. The largest absolute Gasteiger partial charge is 0.468 e. The fourth-order valence-corrected chi connectivity index (χ4v) is 1.93. The van der Waals surface area contributed by atoms with Crippen molar-refractivity contribution in [3.63, 3.8) is 0 Å². The first kappa shape index (κ1) is 12.1. The molecule has 1 atom stereocenters. The Morgan fingerprint density at radius 1 is 1.65 bits per heavy atom. The average Bonchev–Trinajstić information content (AvgIpc) is 3.04. The minimum absolute atomic E-state index is 0.113. The number of aryl methyl sites for hydroxylation is 1. The van der Waals surface area contributed by atoms with E-state index in [2.05, 4.69) is 10.4 Å². The molecule has 0 bridgehead atoms. The molecule has 5 nitrogen and oxygen atoms in total. The standard InChI is InChI=1S/C12H19N3O2/c1-17-12(16)11(10-4-5-10)13-6-2-8-15-9-3-7-14-15/h3,7,9-11,13H,2,4-6,8H2,1H3. The van der Waals surface area contributed by atoms with E-state index >= 15 is 0 Å². The Hall–Kier alpha value is -1.36. The predicted molar refractivity (Wildman–Crippen MR) is 63.4 cm³/mol. The first-order chi connectivity index (χ1) is 8.31. The summed E-state index contributed by atoms with van der Waals surface area (Å²) in [6.45, 7) is 1.69. The van der Waals surface area contributed by atoms with Gasteiger partial charge < -0.3 is 10.1 Å². The second-order valence-corrected chi connectivity index (χ2v) is 4.42. The third-order valence-electron chi connectivity index (χ3n) is 3.04. The molecule has 5 heteroatoms. The normalized spacial score (nSPS) is 16.8. The molecule has 0 radical (unpaired) electrons. The topological polar surface area (TPSA) is 56.1 Å². The minimum atomic E-state index is -0.133. The molecule has 0 amide bonds. The van der Waals surface area contributed by atoms with Crippen LogP contribution in [0.1, 0.15) is 19.3 Å². The van der Waals surface area contributed by atoms with Crippen molar-refractivity contribution >= 4 is 5.97 Å². The van der Waals surface area contributed by atoms with Crippen LogP contribution >= 0.6 is 0 Å². The van der Waals surface area contributed by atoms with E-state index in [4.69, 9.17) is 4.74 Å². The molecule has 1 heterocycles. The lowest BCUT2D eigenvalue weighted by molar-refractivity contribution is -0.143. The molecule has 1 unspecified atom stereocenters. The van der Waals surface area contributed by atoms with Gasteiger partial charge in [-0.3, -0.25) is 9.48 Å². The van der Waals surface area contributed by atoms with Crippen LogP contribution in [0.15, 0.2) is 18.5 Å². The van der Waals surface area contributed by atoms with Gasteiger partial charge in [-0.05, 0) is 37.8 Å². The maximum atomic E-state index is 11.5. The highest BCUT2D eigenvalue weighted by Gasteiger charge is 2.36. The number of ether oxygens (including phenoxy) is 1. The van der Waals surface area contributed by atoms with Crippen LogP contribution in [0.5, 0.6) is 0 Å². The molecule has 0 aromatic carbocycles. The monoisotopic (exact) mass is 237 g/mol. The Bertz CT molecular complexity index is 347. The number of carbonyl (C=O) groups excluding carboxylic acids is 1. The van der Waals surface area contributed by atoms with E-state index in [1.165, 1.54) is 7.11 Å². The van der Waals surface area contributed by atoms with E-state index in [1.54, 1.807) is 6.20 Å². The zero-order valence-corrected chi connectivity index (χ0v) is 10.1. The molecule has 1 aliphatic rings. The molecule has 2 rings (SSSR count).